The minimum atomic E-state index is -4.81. The van der Waals surface area contributed by atoms with E-state index in [2.05, 4.69) is 15.6 Å². The van der Waals surface area contributed by atoms with Gasteiger partial charge in [0.05, 0.1) is 24.3 Å². The van der Waals surface area contributed by atoms with Gasteiger partial charge in [-0.05, 0) is 45.0 Å². The third-order valence-corrected chi connectivity index (χ3v) is 6.49. The van der Waals surface area contributed by atoms with E-state index in [4.69, 9.17) is 9.47 Å². The molecule has 0 bridgehead atoms. The molecule has 2 amide bonds. The lowest BCUT2D eigenvalue weighted by atomic mass is 10.2. The first-order valence-electron chi connectivity index (χ1n) is 10.7. The summed E-state index contributed by atoms with van der Waals surface area (Å²) < 4.78 is 78.5. The molecular formula is C22H25F3N4O6S. The fourth-order valence-electron chi connectivity index (χ4n) is 3.24. The van der Waals surface area contributed by atoms with Gasteiger partial charge in [0.15, 0.2) is 0 Å². The topological polar surface area (TPSA) is 127 Å². The van der Waals surface area contributed by atoms with Crippen LogP contribution in [-0.2, 0) is 25.7 Å². The summed E-state index contributed by atoms with van der Waals surface area (Å²) in [4.78, 5) is 26.3. The Morgan fingerprint density at radius 2 is 1.89 bits per heavy atom. The van der Waals surface area contributed by atoms with E-state index in [0.29, 0.717) is 12.3 Å². The molecule has 0 fully saturated rings. The van der Waals surface area contributed by atoms with E-state index in [1.54, 1.807) is 20.8 Å². The van der Waals surface area contributed by atoms with Crippen LogP contribution < -0.4 is 19.7 Å². The number of rotatable bonds is 5. The lowest BCUT2D eigenvalue weighted by Crippen LogP contribution is -2.48. The molecule has 1 aromatic carbocycles. The number of fused-ring (bicyclic) bond motifs is 1. The number of aromatic nitrogens is 1. The molecule has 1 aromatic heterocycles. The summed E-state index contributed by atoms with van der Waals surface area (Å²) in [6.07, 6.45) is -5.11. The Morgan fingerprint density at radius 1 is 1.19 bits per heavy atom. The number of anilines is 2. The van der Waals surface area contributed by atoms with Crippen LogP contribution in [0, 0.1) is 0 Å². The third-order valence-electron chi connectivity index (χ3n) is 4.74. The number of carbonyl (C=O) groups excluding carboxylic acids is 2. The molecule has 0 radical (unpaired) electrons. The maximum absolute atomic E-state index is 13.5. The monoisotopic (exact) mass is 530 g/mol. The smallest absolute Gasteiger partial charge is 0.417 e. The molecular weight excluding hydrogens is 505 g/mol. The number of alkyl halides is 3. The van der Waals surface area contributed by atoms with Crippen LogP contribution in [0.3, 0.4) is 0 Å². The van der Waals surface area contributed by atoms with Gasteiger partial charge in [0.1, 0.15) is 22.4 Å². The van der Waals surface area contributed by atoms with Crippen LogP contribution in [0.5, 0.6) is 5.75 Å². The minimum absolute atomic E-state index is 0.0277. The number of hydrogen-bond acceptors (Lipinski definition) is 7. The van der Waals surface area contributed by atoms with Crippen LogP contribution in [0.2, 0.25) is 0 Å². The highest BCUT2D eigenvalue weighted by Crippen LogP contribution is 2.39. The number of nitrogens with zero attached hydrogens (tertiary/aromatic N) is 2. The summed E-state index contributed by atoms with van der Waals surface area (Å²) in [6.45, 7) is 5.88. The number of benzene rings is 1. The Balaban J connectivity index is 2.03. The highest BCUT2D eigenvalue weighted by atomic mass is 32.2. The highest BCUT2D eigenvalue weighted by molar-refractivity contribution is 7.92. The van der Waals surface area contributed by atoms with Gasteiger partial charge in [0.25, 0.3) is 10.0 Å². The molecule has 1 atom stereocenters. The predicted octanol–water partition coefficient (Wildman–Crippen LogP) is 3.54. The van der Waals surface area contributed by atoms with Crippen molar-refractivity contribution in [2.75, 3.05) is 22.7 Å². The first kappa shape index (κ1) is 27.0. The molecule has 1 aliphatic heterocycles. The maximum Gasteiger partial charge on any atom is 0.417 e. The zero-order valence-corrected chi connectivity index (χ0v) is 20.7. The molecule has 0 saturated carbocycles. The van der Waals surface area contributed by atoms with Gasteiger partial charge in [0.2, 0.25) is 5.91 Å². The normalized spacial score (nSPS) is 16.0. The first-order chi connectivity index (χ1) is 16.6. The Bertz CT molecular complexity index is 1260. The van der Waals surface area contributed by atoms with Gasteiger partial charge in [-0.15, -0.1) is 0 Å². The predicted molar refractivity (Wildman–Crippen MR) is 123 cm³/mol. The molecule has 36 heavy (non-hydrogen) atoms. The summed E-state index contributed by atoms with van der Waals surface area (Å²) in [7, 11) is -4.57. The second-order valence-electron chi connectivity index (χ2n) is 8.93. The Morgan fingerprint density at radius 3 is 2.50 bits per heavy atom. The fraction of sp³-hybridized carbons (Fsp3) is 0.409. The summed E-state index contributed by atoms with van der Waals surface area (Å²) in [5.41, 5.74) is -1.88. The largest absolute Gasteiger partial charge is 0.484 e. The van der Waals surface area contributed by atoms with Crippen molar-refractivity contribution in [3.8, 4) is 5.75 Å². The van der Waals surface area contributed by atoms with Crippen LogP contribution in [0.15, 0.2) is 41.6 Å². The quantitative estimate of drug-likeness (QED) is 0.605. The first-order valence-corrected chi connectivity index (χ1v) is 12.1. The van der Waals surface area contributed by atoms with Crippen molar-refractivity contribution in [3.63, 3.8) is 0 Å². The summed E-state index contributed by atoms with van der Waals surface area (Å²) in [5.74, 6) is -0.298. The Kier molecular flexibility index (Phi) is 7.39. The van der Waals surface area contributed by atoms with Crippen LogP contribution >= 0.6 is 0 Å². The summed E-state index contributed by atoms with van der Waals surface area (Å²) >= 11 is 0. The van der Waals surface area contributed by atoms with Crippen molar-refractivity contribution in [1.82, 2.24) is 10.3 Å². The number of amides is 2. The van der Waals surface area contributed by atoms with Crippen molar-refractivity contribution in [2.24, 2.45) is 0 Å². The molecule has 10 nitrogen and oxygen atoms in total. The SMILES string of the molecule is CC(=O)NC[C@H]1CN(S(=O)(=O)c2cncc(C(F)(F)F)c2)c2cc(NC(=O)OC(C)(C)C)ccc2O1. The van der Waals surface area contributed by atoms with E-state index in [0.717, 1.165) is 10.5 Å². The standard InChI is InChI=1S/C22H25F3N4O6S/c1-13(30)27-10-16-12-29(36(32,33)17-7-14(9-26-11-17)22(23,24)25)18-8-15(5-6-19(18)34-16)28-20(31)35-21(2,3)4/h5-9,11,16H,10,12H2,1-4H3,(H,27,30)(H,28,31)/t16-/m0/s1. The zero-order chi connectivity index (χ0) is 26.9. The molecule has 2 heterocycles. The molecule has 0 aliphatic carbocycles. The average Bonchev–Trinajstić information content (AvgIpc) is 2.75. The Hall–Kier alpha value is -3.55. The maximum atomic E-state index is 13.5. The molecule has 0 unspecified atom stereocenters. The van der Waals surface area contributed by atoms with Crippen molar-refractivity contribution in [3.05, 3.63) is 42.2 Å². The van der Waals surface area contributed by atoms with Crippen LogP contribution in [0.4, 0.5) is 29.3 Å². The van der Waals surface area contributed by atoms with Gasteiger partial charge >= 0.3 is 12.3 Å². The van der Waals surface area contributed by atoms with Gasteiger partial charge in [-0.2, -0.15) is 13.2 Å². The summed E-state index contributed by atoms with van der Waals surface area (Å²) in [5, 5.41) is 5.01. The van der Waals surface area contributed by atoms with E-state index in [1.165, 1.54) is 25.1 Å². The van der Waals surface area contributed by atoms with Crippen molar-refractivity contribution in [2.45, 2.75) is 50.5 Å². The van der Waals surface area contributed by atoms with Gasteiger partial charge in [0, 0.05) is 25.0 Å². The second kappa shape index (κ2) is 9.84. The summed E-state index contributed by atoms with van der Waals surface area (Å²) in [6, 6.07) is 4.63. The molecule has 2 aromatic rings. The average molecular weight is 531 g/mol. The molecule has 1 aliphatic rings. The second-order valence-corrected chi connectivity index (χ2v) is 10.8. The van der Waals surface area contributed by atoms with Gasteiger partial charge in [-0.3, -0.25) is 19.4 Å². The molecule has 196 valence electrons. The van der Waals surface area contributed by atoms with Crippen molar-refractivity contribution < 1.29 is 40.7 Å². The molecule has 14 heteroatoms. The van der Waals surface area contributed by atoms with Crippen LogP contribution in [0.25, 0.3) is 0 Å². The number of hydrogen-bond donors (Lipinski definition) is 2. The number of nitrogens with one attached hydrogen (secondary N) is 2. The third kappa shape index (κ3) is 6.56. The highest BCUT2D eigenvalue weighted by Gasteiger charge is 2.37. The van der Waals surface area contributed by atoms with E-state index >= 15 is 0 Å². The van der Waals surface area contributed by atoms with Crippen LogP contribution in [0.1, 0.15) is 33.3 Å². The van der Waals surface area contributed by atoms with Crippen molar-refractivity contribution in [1.29, 1.82) is 0 Å². The number of pyridine rings is 1. The van der Waals surface area contributed by atoms with Crippen molar-refractivity contribution >= 4 is 33.4 Å². The number of carbonyl (C=O) groups is 2. The molecule has 3 rings (SSSR count). The molecule has 0 spiro atoms. The number of sulfonamides is 1. The van der Waals surface area contributed by atoms with Gasteiger partial charge < -0.3 is 14.8 Å². The van der Waals surface area contributed by atoms with Gasteiger partial charge in [-0.25, -0.2) is 13.2 Å². The lowest BCUT2D eigenvalue weighted by Gasteiger charge is -2.35. The number of ether oxygens (including phenoxy) is 2. The van der Waals surface area contributed by atoms with Gasteiger partial charge in [-0.1, -0.05) is 0 Å². The molecule has 0 saturated heterocycles. The number of halogens is 3. The Labute approximate surface area is 205 Å². The van der Waals surface area contributed by atoms with E-state index < -0.39 is 44.5 Å². The fourth-order valence-corrected chi connectivity index (χ4v) is 4.73. The van der Waals surface area contributed by atoms with E-state index in [-0.39, 0.29) is 36.1 Å². The molecule has 2 N–H and O–H groups in total. The van der Waals surface area contributed by atoms with E-state index in [1.807, 2.05) is 0 Å². The minimum Gasteiger partial charge on any atom is -0.484 e. The van der Waals surface area contributed by atoms with Crippen LogP contribution in [-0.4, -0.2) is 50.2 Å². The lowest BCUT2D eigenvalue weighted by molar-refractivity contribution is -0.138. The van der Waals surface area contributed by atoms with E-state index in [9.17, 15) is 31.2 Å². The zero-order valence-electron chi connectivity index (χ0n) is 19.8.